The monoisotopic (exact) mass is 459 g/mol. The van der Waals surface area contributed by atoms with Crippen LogP contribution >= 0.6 is 27.3 Å². The molecule has 1 fully saturated rings. The molecule has 0 saturated carbocycles. The number of thiophene rings is 1. The lowest BCUT2D eigenvalue weighted by Gasteiger charge is -2.25. The quantitative estimate of drug-likeness (QED) is 0.590. The Morgan fingerprint density at radius 1 is 1.38 bits per heavy atom. The molecule has 1 aliphatic rings. The van der Waals surface area contributed by atoms with Gasteiger partial charge in [-0.1, -0.05) is 22.0 Å². The van der Waals surface area contributed by atoms with E-state index in [4.69, 9.17) is 9.47 Å². The van der Waals surface area contributed by atoms with Crippen LogP contribution in [0.2, 0.25) is 0 Å². The third kappa shape index (κ3) is 4.67. The van der Waals surface area contributed by atoms with E-state index in [0.717, 1.165) is 17.7 Å². The first-order chi connectivity index (χ1) is 12.5. The van der Waals surface area contributed by atoms with Gasteiger partial charge in [0.05, 0.1) is 12.7 Å². The number of hydrogen-bond donors (Lipinski definition) is 0. The van der Waals surface area contributed by atoms with E-state index in [1.54, 1.807) is 29.5 Å². The Labute approximate surface area is 167 Å². The summed E-state index contributed by atoms with van der Waals surface area (Å²) >= 11 is 4.93. The average molecular weight is 460 g/mol. The van der Waals surface area contributed by atoms with Gasteiger partial charge in [-0.05, 0) is 49.4 Å². The second-order valence-electron chi connectivity index (χ2n) is 6.04. The highest BCUT2D eigenvalue weighted by Gasteiger charge is 2.32. The Morgan fingerprint density at radius 2 is 2.23 bits per heavy atom. The van der Waals surface area contributed by atoms with Crippen molar-refractivity contribution in [1.82, 2.24) is 4.31 Å². The van der Waals surface area contributed by atoms with Crippen molar-refractivity contribution in [2.24, 2.45) is 0 Å². The Hall–Kier alpha value is -0.930. The average Bonchev–Trinajstić information content (AvgIpc) is 3.30. The third-order valence-corrected chi connectivity index (χ3v) is 7.35. The van der Waals surface area contributed by atoms with Crippen molar-refractivity contribution in [1.29, 1.82) is 0 Å². The van der Waals surface area contributed by atoms with E-state index in [1.165, 1.54) is 4.31 Å². The van der Waals surface area contributed by atoms with Crippen LogP contribution in [-0.2, 0) is 21.3 Å². The van der Waals surface area contributed by atoms with E-state index < -0.39 is 10.0 Å². The van der Waals surface area contributed by atoms with E-state index in [9.17, 15) is 8.42 Å². The van der Waals surface area contributed by atoms with Gasteiger partial charge in [0.1, 0.15) is 10.6 Å². The molecule has 8 heteroatoms. The van der Waals surface area contributed by atoms with Gasteiger partial charge in [-0.15, -0.1) is 11.3 Å². The first-order valence-corrected chi connectivity index (χ1v) is 11.7. The van der Waals surface area contributed by atoms with Gasteiger partial charge in [-0.25, -0.2) is 8.42 Å². The van der Waals surface area contributed by atoms with Gasteiger partial charge < -0.3 is 9.47 Å². The van der Waals surface area contributed by atoms with Crippen molar-refractivity contribution >= 4 is 37.3 Å². The molecule has 3 rings (SSSR count). The summed E-state index contributed by atoms with van der Waals surface area (Å²) in [5, 5.41) is 1.96. The van der Waals surface area contributed by atoms with Crippen molar-refractivity contribution < 1.29 is 17.9 Å². The van der Waals surface area contributed by atoms with E-state index in [1.807, 2.05) is 24.4 Å². The topological polar surface area (TPSA) is 55.8 Å². The maximum atomic E-state index is 13.5. The molecule has 1 unspecified atom stereocenters. The molecule has 1 aromatic heterocycles. The van der Waals surface area contributed by atoms with E-state index >= 15 is 0 Å². The number of sulfonamides is 1. The van der Waals surface area contributed by atoms with Crippen LogP contribution in [-0.4, -0.2) is 38.6 Å². The van der Waals surface area contributed by atoms with Crippen LogP contribution in [0.3, 0.4) is 0 Å². The molecule has 26 heavy (non-hydrogen) atoms. The van der Waals surface area contributed by atoms with Gasteiger partial charge in [0, 0.05) is 29.0 Å². The molecule has 1 aliphatic heterocycles. The molecule has 0 aliphatic carbocycles. The van der Waals surface area contributed by atoms with E-state index in [0.29, 0.717) is 36.5 Å². The normalized spacial score (nSPS) is 17.7. The molecular formula is C18H22BrNO4S2. The molecule has 1 atom stereocenters. The minimum absolute atomic E-state index is 0.0626. The zero-order chi connectivity index (χ0) is 18.6. The Kier molecular flexibility index (Phi) is 6.74. The molecule has 0 radical (unpaired) electrons. The molecule has 0 bridgehead atoms. The van der Waals surface area contributed by atoms with Crippen LogP contribution in [0, 0.1) is 0 Å². The van der Waals surface area contributed by atoms with Gasteiger partial charge >= 0.3 is 0 Å². The van der Waals surface area contributed by atoms with Crippen LogP contribution in [0.25, 0.3) is 0 Å². The molecule has 0 N–H and O–H groups in total. The SMILES string of the molecule is CCOc1ccc(Br)cc1S(=O)(=O)N(Cc1cccs1)CC1CCCO1. The van der Waals surface area contributed by atoms with E-state index in [-0.39, 0.29) is 11.0 Å². The predicted octanol–water partition coefficient (Wildman–Crippen LogP) is 4.28. The molecule has 2 aromatic rings. The van der Waals surface area contributed by atoms with Crippen molar-refractivity contribution in [2.45, 2.75) is 37.3 Å². The summed E-state index contributed by atoms with van der Waals surface area (Å²) in [5.41, 5.74) is 0. The molecule has 0 spiro atoms. The number of rotatable bonds is 8. The second-order valence-corrected chi connectivity index (χ2v) is 9.89. The highest BCUT2D eigenvalue weighted by molar-refractivity contribution is 9.10. The number of halogens is 1. The Balaban J connectivity index is 1.96. The fourth-order valence-electron chi connectivity index (χ4n) is 2.94. The summed E-state index contributed by atoms with van der Waals surface area (Å²) in [6.07, 6.45) is 1.79. The fraction of sp³-hybridized carbons (Fsp3) is 0.444. The second kappa shape index (κ2) is 8.84. The standard InChI is InChI=1S/C18H22BrNO4S2/c1-2-23-17-8-7-14(19)11-18(17)26(21,22)20(12-15-5-3-9-24-15)13-16-6-4-10-25-16/h4,6-8,10-11,15H,2-3,5,9,12-13H2,1H3. The predicted molar refractivity (Wildman–Crippen MR) is 106 cm³/mol. The smallest absolute Gasteiger partial charge is 0.247 e. The molecular weight excluding hydrogens is 438 g/mol. The van der Waals surface area contributed by atoms with Crippen molar-refractivity contribution in [3.8, 4) is 5.75 Å². The third-order valence-electron chi connectivity index (χ3n) is 4.17. The van der Waals surface area contributed by atoms with Crippen LogP contribution in [0.4, 0.5) is 0 Å². The fourth-order valence-corrected chi connectivity index (χ4v) is 5.86. The van der Waals surface area contributed by atoms with Gasteiger partial charge in [0.15, 0.2) is 0 Å². The van der Waals surface area contributed by atoms with Crippen molar-refractivity contribution in [3.05, 3.63) is 45.1 Å². The zero-order valence-corrected chi connectivity index (χ0v) is 17.8. The van der Waals surface area contributed by atoms with Gasteiger partial charge in [0.25, 0.3) is 0 Å². The Morgan fingerprint density at radius 3 is 2.88 bits per heavy atom. The number of nitrogens with zero attached hydrogens (tertiary/aromatic N) is 1. The van der Waals surface area contributed by atoms with Crippen molar-refractivity contribution in [3.63, 3.8) is 0 Å². The number of ether oxygens (including phenoxy) is 2. The molecule has 5 nitrogen and oxygen atoms in total. The first-order valence-electron chi connectivity index (χ1n) is 8.57. The van der Waals surface area contributed by atoms with Gasteiger partial charge in [-0.3, -0.25) is 0 Å². The van der Waals surface area contributed by atoms with Gasteiger partial charge in [0.2, 0.25) is 10.0 Å². The number of hydrogen-bond acceptors (Lipinski definition) is 5. The van der Waals surface area contributed by atoms with Gasteiger partial charge in [-0.2, -0.15) is 4.31 Å². The molecule has 2 heterocycles. The van der Waals surface area contributed by atoms with Crippen LogP contribution in [0.5, 0.6) is 5.75 Å². The lowest BCUT2D eigenvalue weighted by atomic mass is 10.2. The van der Waals surface area contributed by atoms with E-state index in [2.05, 4.69) is 15.9 Å². The highest BCUT2D eigenvalue weighted by Crippen LogP contribution is 2.32. The van der Waals surface area contributed by atoms with Crippen LogP contribution in [0.1, 0.15) is 24.6 Å². The molecule has 0 amide bonds. The lowest BCUT2D eigenvalue weighted by molar-refractivity contribution is 0.0927. The highest BCUT2D eigenvalue weighted by atomic mass is 79.9. The minimum atomic E-state index is -3.73. The lowest BCUT2D eigenvalue weighted by Crippen LogP contribution is -2.37. The van der Waals surface area contributed by atoms with Crippen molar-refractivity contribution in [2.75, 3.05) is 19.8 Å². The maximum absolute atomic E-state index is 13.5. The molecule has 142 valence electrons. The summed E-state index contributed by atoms with van der Waals surface area (Å²) in [5.74, 6) is 0.374. The summed E-state index contributed by atoms with van der Waals surface area (Å²) in [6.45, 7) is 3.62. The summed E-state index contributed by atoms with van der Waals surface area (Å²) < 4.78 is 40.4. The van der Waals surface area contributed by atoms with Crippen LogP contribution < -0.4 is 4.74 Å². The molecule has 1 aromatic carbocycles. The summed E-state index contributed by atoms with van der Waals surface area (Å²) in [6, 6.07) is 8.97. The maximum Gasteiger partial charge on any atom is 0.247 e. The zero-order valence-electron chi connectivity index (χ0n) is 14.6. The summed E-state index contributed by atoms with van der Waals surface area (Å²) in [4.78, 5) is 1.18. The summed E-state index contributed by atoms with van der Waals surface area (Å²) in [7, 11) is -3.73. The largest absolute Gasteiger partial charge is 0.492 e. The first kappa shape index (κ1) is 19.8. The number of benzene rings is 1. The van der Waals surface area contributed by atoms with Crippen LogP contribution in [0.15, 0.2) is 45.1 Å². The molecule has 1 saturated heterocycles. The Bertz CT molecular complexity index is 818. The minimum Gasteiger partial charge on any atom is -0.492 e.